The number of nitrogens with zero attached hydrogens (tertiary/aromatic N) is 2. The van der Waals surface area contributed by atoms with Crippen LogP contribution >= 0.6 is 11.3 Å². The van der Waals surface area contributed by atoms with E-state index in [1.807, 2.05) is 36.6 Å². The molecule has 0 saturated heterocycles. The van der Waals surface area contributed by atoms with Crippen molar-refractivity contribution in [2.75, 3.05) is 33.4 Å². The largest absolute Gasteiger partial charge is 0.385 e. The Morgan fingerprint density at radius 2 is 1.86 bits per heavy atom. The molecule has 1 aliphatic heterocycles. The van der Waals surface area contributed by atoms with Gasteiger partial charge in [0.25, 0.3) is 0 Å². The number of ether oxygens (including phenoxy) is 1. The minimum absolute atomic E-state index is 0.0435. The van der Waals surface area contributed by atoms with Crippen LogP contribution in [-0.4, -0.2) is 56.9 Å². The zero-order chi connectivity index (χ0) is 25.0. The fraction of sp³-hybridized carbons (Fsp3) is 0.346. The molecule has 0 bridgehead atoms. The molecule has 1 unspecified atom stereocenters. The van der Waals surface area contributed by atoms with Crippen LogP contribution in [0.25, 0.3) is 0 Å². The first-order valence-electron chi connectivity index (χ1n) is 11.5. The maximum absolute atomic E-state index is 13.7. The number of hydrogen-bond donors (Lipinski definition) is 0. The summed E-state index contributed by atoms with van der Waals surface area (Å²) in [6, 6.07) is 14.6. The lowest BCUT2D eigenvalue weighted by Gasteiger charge is -2.37. The Morgan fingerprint density at radius 3 is 2.54 bits per heavy atom. The van der Waals surface area contributed by atoms with Gasteiger partial charge in [0, 0.05) is 31.7 Å². The Kier molecular flexibility index (Phi) is 8.01. The SMILES string of the molecule is COCCCN(CC(=O)N1CCc2sccc2C1c1ccc(C)cc1)S(=O)(=O)c1ccc(F)cc1. The number of rotatable bonds is 9. The molecule has 1 aliphatic rings. The normalized spacial score (nSPS) is 15.9. The molecule has 2 aromatic carbocycles. The van der Waals surface area contributed by atoms with Crippen molar-refractivity contribution in [1.29, 1.82) is 0 Å². The topological polar surface area (TPSA) is 66.9 Å². The summed E-state index contributed by atoms with van der Waals surface area (Å²) in [5.41, 5.74) is 3.21. The van der Waals surface area contributed by atoms with Gasteiger partial charge in [0.05, 0.1) is 17.5 Å². The van der Waals surface area contributed by atoms with Crippen LogP contribution in [0.15, 0.2) is 64.9 Å². The van der Waals surface area contributed by atoms with Crippen molar-refractivity contribution in [3.05, 3.63) is 87.4 Å². The molecule has 0 N–H and O–H groups in total. The van der Waals surface area contributed by atoms with E-state index in [0.29, 0.717) is 19.6 Å². The minimum Gasteiger partial charge on any atom is -0.385 e. The second-order valence-electron chi connectivity index (χ2n) is 8.59. The lowest BCUT2D eigenvalue weighted by atomic mass is 9.92. The zero-order valence-corrected chi connectivity index (χ0v) is 21.4. The number of carbonyl (C=O) groups is 1. The quantitative estimate of drug-likeness (QED) is 0.396. The summed E-state index contributed by atoms with van der Waals surface area (Å²) in [7, 11) is -2.46. The van der Waals surface area contributed by atoms with Gasteiger partial charge in [0.15, 0.2) is 0 Å². The van der Waals surface area contributed by atoms with E-state index in [0.717, 1.165) is 35.2 Å². The molecule has 0 saturated carbocycles. The molecular weight excluding hydrogens is 487 g/mol. The van der Waals surface area contributed by atoms with Gasteiger partial charge < -0.3 is 9.64 Å². The van der Waals surface area contributed by atoms with Crippen LogP contribution in [0.3, 0.4) is 0 Å². The molecule has 0 radical (unpaired) electrons. The maximum atomic E-state index is 13.7. The molecular formula is C26H29FN2O4S2. The van der Waals surface area contributed by atoms with Crippen molar-refractivity contribution < 1.29 is 22.3 Å². The number of methoxy groups -OCH3 is 1. The number of amides is 1. The van der Waals surface area contributed by atoms with Gasteiger partial charge in [-0.3, -0.25) is 4.79 Å². The molecule has 2 heterocycles. The number of fused-ring (bicyclic) bond motifs is 1. The highest BCUT2D eigenvalue weighted by atomic mass is 32.2. The first kappa shape index (κ1) is 25.5. The van der Waals surface area contributed by atoms with Gasteiger partial charge in [0.2, 0.25) is 15.9 Å². The predicted molar refractivity (Wildman–Crippen MR) is 134 cm³/mol. The van der Waals surface area contributed by atoms with Gasteiger partial charge in [-0.1, -0.05) is 29.8 Å². The Bertz CT molecular complexity index is 1260. The highest BCUT2D eigenvalue weighted by Crippen LogP contribution is 2.38. The summed E-state index contributed by atoms with van der Waals surface area (Å²) in [5.74, 6) is -0.790. The summed E-state index contributed by atoms with van der Waals surface area (Å²) < 4.78 is 46.5. The van der Waals surface area contributed by atoms with Crippen LogP contribution in [-0.2, 0) is 26.0 Å². The van der Waals surface area contributed by atoms with Crippen LogP contribution in [0.2, 0.25) is 0 Å². The number of hydrogen-bond acceptors (Lipinski definition) is 5. The molecule has 9 heteroatoms. The number of benzene rings is 2. The van der Waals surface area contributed by atoms with Crippen molar-refractivity contribution in [3.8, 4) is 0 Å². The Balaban J connectivity index is 1.64. The smallest absolute Gasteiger partial charge is 0.243 e. The van der Waals surface area contributed by atoms with Crippen LogP contribution in [0.1, 0.15) is 34.0 Å². The van der Waals surface area contributed by atoms with E-state index in [1.54, 1.807) is 23.3 Å². The van der Waals surface area contributed by atoms with E-state index in [-0.39, 0.29) is 29.9 Å². The van der Waals surface area contributed by atoms with Crippen molar-refractivity contribution >= 4 is 27.3 Å². The molecule has 4 rings (SSSR count). The predicted octanol–water partition coefficient (Wildman–Crippen LogP) is 4.40. The monoisotopic (exact) mass is 516 g/mol. The van der Waals surface area contributed by atoms with E-state index in [1.165, 1.54) is 21.3 Å². The van der Waals surface area contributed by atoms with E-state index < -0.39 is 15.8 Å². The Morgan fingerprint density at radius 1 is 1.14 bits per heavy atom. The standard InChI is InChI=1S/C26H29FN2O4S2/c1-19-4-6-20(7-5-19)26-23-13-17-34-24(23)12-15-29(26)25(30)18-28(14-3-16-33-2)35(31,32)22-10-8-21(27)9-11-22/h4-11,13,17,26H,3,12,14-16,18H2,1-2H3. The van der Waals surface area contributed by atoms with Gasteiger partial charge in [-0.05, 0) is 66.6 Å². The average molecular weight is 517 g/mol. The van der Waals surface area contributed by atoms with E-state index in [9.17, 15) is 17.6 Å². The number of carbonyl (C=O) groups excluding carboxylic acids is 1. The van der Waals surface area contributed by atoms with Crippen LogP contribution in [0, 0.1) is 12.7 Å². The number of halogens is 1. The molecule has 35 heavy (non-hydrogen) atoms. The first-order chi connectivity index (χ1) is 16.8. The van der Waals surface area contributed by atoms with Gasteiger partial charge in [-0.2, -0.15) is 4.31 Å². The summed E-state index contributed by atoms with van der Waals surface area (Å²) in [6.07, 6.45) is 1.16. The molecule has 3 aromatic rings. The molecule has 186 valence electrons. The van der Waals surface area contributed by atoms with Crippen LogP contribution in [0.5, 0.6) is 0 Å². The summed E-state index contributed by atoms with van der Waals surface area (Å²) in [6.45, 7) is 2.70. The van der Waals surface area contributed by atoms with E-state index >= 15 is 0 Å². The highest BCUT2D eigenvalue weighted by Gasteiger charge is 2.35. The number of sulfonamides is 1. The van der Waals surface area contributed by atoms with E-state index in [2.05, 4.69) is 6.07 Å². The van der Waals surface area contributed by atoms with Crippen LogP contribution in [0.4, 0.5) is 4.39 Å². The zero-order valence-electron chi connectivity index (χ0n) is 19.8. The Hall–Kier alpha value is -2.59. The third-order valence-electron chi connectivity index (χ3n) is 6.20. The molecule has 0 fully saturated rings. The van der Waals surface area contributed by atoms with Gasteiger partial charge in [-0.25, -0.2) is 12.8 Å². The van der Waals surface area contributed by atoms with Gasteiger partial charge in [0.1, 0.15) is 5.82 Å². The van der Waals surface area contributed by atoms with Crippen molar-refractivity contribution in [2.24, 2.45) is 0 Å². The summed E-state index contributed by atoms with van der Waals surface area (Å²) in [4.78, 5) is 16.7. The van der Waals surface area contributed by atoms with E-state index in [4.69, 9.17) is 4.74 Å². The fourth-order valence-electron chi connectivity index (χ4n) is 4.36. The van der Waals surface area contributed by atoms with Crippen molar-refractivity contribution in [1.82, 2.24) is 9.21 Å². The summed E-state index contributed by atoms with van der Waals surface area (Å²) in [5, 5.41) is 2.04. The second-order valence-corrected chi connectivity index (χ2v) is 11.5. The van der Waals surface area contributed by atoms with Crippen molar-refractivity contribution in [3.63, 3.8) is 0 Å². The van der Waals surface area contributed by atoms with Gasteiger partial charge >= 0.3 is 0 Å². The fourth-order valence-corrected chi connectivity index (χ4v) is 6.69. The Labute approximate surface area is 210 Å². The number of aryl methyl sites for hydroxylation is 1. The third-order valence-corrected chi connectivity index (χ3v) is 9.05. The highest BCUT2D eigenvalue weighted by molar-refractivity contribution is 7.89. The first-order valence-corrected chi connectivity index (χ1v) is 13.8. The van der Waals surface area contributed by atoms with Gasteiger partial charge in [-0.15, -0.1) is 11.3 Å². The molecule has 1 aromatic heterocycles. The maximum Gasteiger partial charge on any atom is 0.243 e. The molecule has 6 nitrogen and oxygen atoms in total. The second kappa shape index (κ2) is 11.0. The number of thiophene rings is 1. The molecule has 1 atom stereocenters. The van der Waals surface area contributed by atoms with Crippen molar-refractivity contribution in [2.45, 2.75) is 30.7 Å². The average Bonchev–Trinajstić information content (AvgIpc) is 3.33. The molecule has 0 aliphatic carbocycles. The lowest BCUT2D eigenvalue weighted by molar-refractivity contribution is -0.133. The molecule has 0 spiro atoms. The molecule has 1 amide bonds. The summed E-state index contributed by atoms with van der Waals surface area (Å²) >= 11 is 1.68. The lowest BCUT2D eigenvalue weighted by Crippen LogP contribution is -2.47. The third kappa shape index (κ3) is 5.64. The minimum atomic E-state index is -4.00. The van der Waals surface area contributed by atoms with Crippen LogP contribution < -0.4 is 0 Å².